The highest BCUT2D eigenvalue weighted by molar-refractivity contribution is 7.90. The number of H-pyrrole nitrogens is 1. The van der Waals surface area contributed by atoms with Crippen LogP contribution in [0.4, 0.5) is 11.5 Å². The summed E-state index contributed by atoms with van der Waals surface area (Å²) in [5.41, 5.74) is 2.92. The topological polar surface area (TPSA) is 106 Å². The van der Waals surface area contributed by atoms with Crippen LogP contribution in [-0.2, 0) is 9.84 Å². The van der Waals surface area contributed by atoms with Gasteiger partial charge in [-0.25, -0.2) is 18.4 Å². The summed E-state index contributed by atoms with van der Waals surface area (Å²) in [6.07, 6.45) is 2.84. The molecule has 2 aromatic heterocycles. The summed E-state index contributed by atoms with van der Waals surface area (Å²) in [5.74, 6) is 2.60. The second-order valence-corrected chi connectivity index (χ2v) is 8.94. The first-order chi connectivity index (χ1) is 14.5. The molecule has 5 rings (SSSR count). The highest BCUT2D eigenvalue weighted by Gasteiger charge is 2.16. The molecule has 0 radical (unpaired) electrons. The molecule has 4 aromatic rings. The van der Waals surface area contributed by atoms with Crippen LogP contribution in [0, 0.1) is 0 Å². The Morgan fingerprint density at radius 2 is 1.87 bits per heavy atom. The summed E-state index contributed by atoms with van der Waals surface area (Å²) < 4.78 is 34.9. The van der Waals surface area contributed by atoms with Gasteiger partial charge in [-0.05, 0) is 42.5 Å². The van der Waals surface area contributed by atoms with Gasteiger partial charge in [0, 0.05) is 23.7 Å². The largest absolute Gasteiger partial charge is 0.486 e. The number of hydrogen-bond acceptors (Lipinski definition) is 7. The van der Waals surface area contributed by atoms with Crippen molar-refractivity contribution in [1.82, 2.24) is 15.0 Å². The number of rotatable bonds is 4. The summed E-state index contributed by atoms with van der Waals surface area (Å²) in [5, 5.41) is 3.17. The standard InChI is InChI=1S/C21H18N4O4S/c1-30(26,27)15-4-2-3-14(12-15)23-21-19-16(7-8-22-21)24-20(25-19)13-5-6-17-18(11-13)29-10-9-28-17/h2-8,11-12H,9-10H2,1H3,(H,22,23)(H,24,25). The molecule has 2 aromatic carbocycles. The molecule has 152 valence electrons. The Morgan fingerprint density at radius 3 is 2.70 bits per heavy atom. The van der Waals surface area contributed by atoms with E-state index in [-0.39, 0.29) is 4.90 Å². The Bertz CT molecular complexity index is 1360. The van der Waals surface area contributed by atoms with Gasteiger partial charge < -0.3 is 19.8 Å². The lowest BCUT2D eigenvalue weighted by molar-refractivity contribution is 0.171. The zero-order valence-corrected chi connectivity index (χ0v) is 16.9. The minimum atomic E-state index is -3.30. The van der Waals surface area contributed by atoms with Crippen LogP contribution in [0.25, 0.3) is 22.4 Å². The number of sulfone groups is 1. The fourth-order valence-corrected chi connectivity index (χ4v) is 3.96. The first-order valence-corrected chi connectivity index (χ1v) is 11.2. The molecule has 30 heavy (non-hydrogen) atoms. The lowest BCUT2D eigenvalue weighted by Gasteiger charge is -2.18. The molecule has 0 saturated carbocycles. The quantitative estimate of drug-likeness (QED) is 0.518. The van der Waals surface area contributed by atoms with Crippen molar-refractivity contribution in [2.24, 2.45) is 0 Å². The predicted molar refractivity (Wildman–Crippen MR) is 113 cm³/mol. The van der Waals surface area contributed by atoms with E-state index in [1.807, 2.05) is 24.3 Å². The zero-order valence-electron chi connectivity index (χ0n) is 16.0. The number of hydrogen-bond donors (Lipinski definition) is 2. The molecular weight excluding hydrogens is 404 g/mol. The lowest BCUT2D eigenvalue weighted by Crippen LogP contribution is -2.15. The molecule has 0 bridgehead atoms. The van der Waals surface area contributed by atoms with Gasteiger partial charge in [0.1, 0.15) is 24.6 Å². The molecule has 1 aliphatic rings. The van der Waals surface area contributed by atoms with E-state index in [1.54, 1.807) is 30.5 Å². The number of aromatic amines is 1. The highest BCUT2D eigenvalue weighted by Crippen LogP contribution is 2.35. The van der Waals surface area contributed by atoms with Crippen LogP contribution in [-0.4, -0.2) is 42.8 Å². The highest BCUT2D eigenvalue weighted by atomic mass is 32.2. The molecular formula is C21H18N4O4S. The van der Waals surface area contributed by atoms with Gasteiger partial charge in [-0.1, -0.05) is 6.07 Å². The molecule has 2 N–H and O–H groups in total. The Balaban J connectivity index is 1.52. The van der Waals surface area contributed by atoms with E-state index in [4.69, 9.17) is 14.5 Å². The van der Waals surface area contributed by atoms with E-state index in [0.717, 1.165) is 16.8 Å². The zero-order chi connectivity index (χ0) is 20.7. The minimum absolute atomic E-state index is 0.235. The monoisotopic (exact) mass is 422 g/mol. The molecule has 0 fully saturated rings. The third kappa shape index (κ3) is 3.43. The lowest BCUT2D eigenvalue weighted by atomic mass is 10.2. The van der Waals surface area contributed by atoms with E-state index in [1.165, 1.54) is 6.26 Å². The first-order valence-electron chi connectivity index (χ1n) is 9.29. The fraction of sp³-hybridized carbons (Fsp3) is 0.143. The predicted octanol–water partition coefficient (Wildman–Crippen LogP) is 3.54. The molecule has 3 heterocycles. The smallest absolute Gasteiger partial charge is 0.175 e. The third-order valence-corrected chi connectivity index (χ3v) is 5.85. The van der Waals surface area contributed by atoms with Crippen molar-refractivity contribution in [2.45, 2.75) is 4.90 Å². The van der Waals surface area contributed by atoms with Gasteiger partial charge >= 0.3 is 0 Å². The Morgan fingerprint density at radius 1 is 1.03 bits per heavy atom. The van der Waals surface area contributed by atoms with Crippen LogP contribution in [0.15, 0.2) is 59.6 Å². The molecule has 0 spiro atoms. The number of fused-ring (bicyclic) bond motifs is 2. The molecule has 0 amide bonds. The van der Waals surface area contributed by atoms with Crippen molar-refractivity contribution in [3.63, 3.8) is 0 Å². The van der Waals surface area contributed by atoms with Crippen molar-refractivity contribution in [2.75, 3.05) is 24.8 Å². The van der Waals surface area contributed by atoms with Crippen molar-refractivity contribution in [3.05, 3.63) is 54.7 Å². The number of anilines is 2. The summed E-state index contributed by atoms with van der Waals surface area (Å²) in [6, 6.07) is 14.1. The van der Waals surface area contributed by atoms with Gasteiger partial charge in [-0.2, -0.15) is 0 Å². The van der Waals surface area contributed by atoms with Crippen LogP contribution in [0.1, 0.15) is 0 Å². The van der Waals surface area contributed by atoms with Crippen LogP contribution < -0.4 is 14.8 Å². The molecule has 0 saturated heterocycles. The molecule has 9 heteroatoms. The summed E-state index contributed by atoms with van der Waals surface area (Å²) in [6.45, 7) is 1.05. The third-order valence-electron chi connectivity index (χ3n) is 4.74. The number of aromatic nitrogens is 3. The van der Waals surface area contributed by atoms with Gasteiger partial charge in [0.05, 0.1) is 10.4 Å². The Labute approximate surface area is 172 Å². The summed E-state index contributed by atoms with van der Waals surface area (Å²) in [7, 11) is -3.30. The van der Waals surface area contributed by atoms with E-state index < -0.39 is 9.84 Å². The van der Waals surface area contributed by atoms with Crippen LogP contribution >= 0.6 is 0 Å². The SMILES string of the molecule is CS(=O)(=O)c1cccc(Nc2nccc3[nH]c(-c4ccc5c(c4)OCCO5)nc23)c1. The number of nitrogens with zero attached hydrogens (tertiary/aromatic N) is 2. The van der Waals surface area contributed by atoms with Crippen LogP contribution in [0.3, 0.4) is 0 Å². The van der Waals surface area contributed by atoms with E-state index in [2.05, 4.69) is 15.3 Å². The first kappa shape index (κ1) is 18.4. The maximum absolute atomic E-state index is 11.8. The normalized spacial score (nSPS) is 13.4. The molecule has 0 atom stereocenters. The second-order valence-electron chi connectivity index (χ2n) is 6.92. The molecule has 8 nitrogen and oxygen atoms in total. The number of ether oxygens (including phenoxy) is 2. The molecule has 0 unspecified atom stereocenters. The van der Waals surface area contributed by atoms with E-state index >= 15 is 0 Å². The van der Waals surface area contributed by atoms with Crippen molar-refractivity contribution in [1.29, 1.82) is 0 Å². The summed E-state index contributed by atoms with van der Waals surface area (Å²) in [4.78, 5) is 12.6. The molecule has 1 aliphatic heterocycles. The van der Waals surface area contributed by atoms with Crippen molar-refractivity contribution >= 4 is 32.4 Å². The average Bonchev–Trinajstić information content (AvgIpc) is 3.18. The fourth-order valence-electron chi connectivity index (χ4n) is 3.30. The van der Waals surface area contributed by atoms with Crippen molar-refractivity contribution in [3.8, 4) is 22.9 Å². The Hall–Kier alpha value is -3.59. The van der Waals surface area contributed by atoms with Gasteiger partial charge in [0.15, 0.2) is 27.2 Å². The van der Waals surface area contributed by atoms with E-state index in [9.17, 15) is 8.42 Å². The van der Waals surface area contributed by atoms with Gasteiger partial charge in [-0.15, -0.1) is 0 Å². The van der Waals surface area contributed by atoms with E-state index in [0.29, 0.717) is 41.8 Å². The number of pyridine rings is 1. The van der Waals surface area contributed by atoms with Crippen LogP contribution in [0.5, 0.6) is 11.5 Å². The average molecular weight is 422 g/mol. The second kappa shape index (κ2) is 7.03. The minimum Gasteiger partial charge on any atom is -0.486 e. The van der Waals surface area contributed by atoms with Crippen LogP contribution in [0.2, 0.25) is 0 Å². The number of imidazole rings is 1. The summed E-state index contributed by atoms with van der Waals surface area (Å²) >= 11 is 0. The number of benzene rings is 2. The van der Waals surface area contributed by atoms with Gasteiger partial charge in [-0.3, -0.25) is 0 Å². The maximum atomic E-state index is 11.8. The van der Waals surface area contributed by atoms with Crippen molar-refractivity contribution < 1.29 is 17.9 Å². The number of nitrogens with one attached hydrogen (secondary N) is 2. The Kier molecular flexibility index (Phi) is 4.32. The molecule has 0 aliphatic carbocycles. The van der Waals surface area contributed by atoms with Gasteiger partial charge in [0.25, 0.3) is 0 Å². The van der Waals surface area contributed by atoms with Gasteiger partial charge in [0.2, 0.25) is 0 Å². The maximum Gasteiger partial charge on any atom is 0.175 e.